The van der Waals surface area contributed by atoms with Crippen molar-refractivity contribution in [3.8, 4) is 5.75 Å². The standard InChI is InChI=1S/C50H51N5O12/c1-36-27-54(47(59)52-45(36)57)28-44(56)55(25-24-51-48(60)66-32-41-12-4-3-5-13-41)43(46(58)62-2)26-37-20-22-42(23-21-37)67-49(61)53-50(33-63-29-38-14-6-7-15-38,34-64-30-39-16-8-9-17-39)35-65-31-40-18-10-11-19-40/h3-14,16,18,20-23,27,43H,24-26,28-35H2,1-2H3,(H,51,60)(H,53,61)(H,52,57,59)/t43-/m0/s1. The first-order valence-electron chi connectivity index (χ1n) is 21.3. The number of benzene rings is 2. The number of rotatable bonds is 25. The van der Waals surface area contributed by atoms with Crippen molar-refractivity contribution >= 4 is 24.1 Å². The largest absolute Gasteiger partial charge is 0.467 e. The molecule has 348 valence electrons. The van der Waals surface area contributed by atoms with Crippen molar-refractivity contribution in [3.63, 3.8) is 0 Å². The van der Waals surface area contributed by atoms with Crippen molar-refractivity contribution in [2.45, 2.75) is 38.1 Å². The molecule has 2 aromatic carbocycles. The van der Waals surface area contributed by atoms with Crippen LogP contribution in [0.15, 0.2) is 159 Å². The van der Waals surface area contributed by atoms with E-state index in [2.05, 4.69) is 32.8 Å². The molecule has 67 heavy (non-hydrogen) atoms. The van der Waals surface area contributed by atoms with Crippen LogP contribution in [-0.4, -0.2) is 110 Å². The second kappa shape index (κ2) is 24.5. The second-order valence-corrected chi connectivity index (χ2v) is 15.5. The SMILES string of the molecule is COC(=O)[C@H](Cc1ccc(OC(=O)NC(COCC2=C=CC=C2)(COCC2=C=CC=C2)COCC2=C=CC=C2)cc1)N(CCNC(=O)OCc1ccccc1)C(=O)Cn1cc(C)c(=O)[nH]c1=O. The lowest BCUT2D eigenvalue weighted by molar-refractivity contribution is -0.153. The Kier molecular flexibility index (Phi) is 17.8. The summed E-state index contributed by atoms with van der Waals surface area (Å²) < 4.78 is 35.5. The Hall–Kier alpha value is -7.74. The summed E-state index contributed by atoms with van der Waals surface area (Å²) >= 11 is 0. The summed E-state index contributed by atoms with van der Waals surface area (Å²) in [5.41, 5.74) is 10.6. The molecule has 0 aliphatic heterocycles. The third-order valence-corrected chi connectivity index (χ3v) is 10.3. The molecule has 0 saturated heterocycles. The number of hydrogen-bond donors (Lipinski definition) is 3. The number of nitrogens with zero attached hydrogens (tertiary/aromatic N) is 2. The van der Waals surface area contributed by atoms with Crippen molar-refractivity contribution in [3.05, 3.63) is 187 Å². The molecule has 0 bridgehead atoms. The minimum atomic E-state index is -1.25. The van der Waals surface area contributed by atoms with E-state index in [-0.39, 0.29) is 77.1 Å². The van der Waals surface area contributed by atoms with Crippen LogP contribution in [0.25, 0.3) is 0 Å². The highest BCUT2D eigenvalue weighted by atomic mass is 16.6. The van der Waals surface area contributed by atoms with E-state index >= 15 is 0 Å². The molecule has 3 aromatic rings. The average Bonchev–Trinajstić information content (AvgIpc) is 4.15. The molecule has 17 nitrogen and oxygen atoms in total. The molecule has 1 atom stereocenters. The van der Waals surface area contributed by atoms with E-state index in [1.54, 1.807) is 42.5 Å². The molecule has 0 fully saturated rings. The number of carbonyl (C=O) groups excluding carboxylic acids is 4. The summed E-state index contributed by atoms with van der Waals surface area (Å²) in [5, 5.41) is 5.53. The Labute approximate surface area is 386 Å². The average molecular weight is 914 g/mol. The predicted octanol–water partition coefficient (Wildman–Crippen LogP) is 4.22. The van der Waals surface area contributed by atoms with Gasteiger partial charge in [-0.1, -0.05) is 60.7 Å². The Bertz CT molecular complexity index is 2580. The smallest absolute Gasteiger partial charge is 0.413 e. The monoisotopic (exact) mass is 913 g/mol. The molecule has 3 aliphatic carbocycles. The minimum absolute atomic E-state index is 0.00579. The van der Waals surface area contributed by atoms with Crippen LogP contribution in [0.4, 0.5) is 9.59 Å². The summed E-state index contributed by atoms with van der Waals surface area (Å²) in [5.74, 6) is -1.32. The lowest BCUT2D eigenvalue weighted by atomic mass is 10.0. The number of aromatic amines is 1. The Morgan fingerprint density at radius 2 is 1.34 bits per heavy atom. The second-order valence-electron chi connectivity index (χ2n) is 15.5. The van der Waals surface area contributed by atoms with Gasteiger partial charge in [0.2, 0.25) is 5.91 Å². The Morgan fingerprint density at radius 1 is 0.761 bits per heavy atom. The molecular formula is C50H51N5O12. The summed E-state index contributed by atoms with van der Waals surface area (Å²) in [7, 11) is 1.17. The molecule has 3 aliphatic rings. The molecule has 0 unspecified atom stereocenters. The van der Waals surface area contributed by atoms with Crippen molar-refractivity contribution in [1.82, 2.24) is 25.1 Å². The van der Waals surface area contributed by atoms with E-state index < -0.39 is 53.4 Å². The normalized spacial score (nSPS) is 13.6. The van der Waals surface area contributed by atoms with Gasteiger partial charge in [-0.25, -0.2) is 19.2 Å². The number of esters is 1. The summed E-state index contributed by atoms with van der Waals surface area (Å²) in [6, 6.07) is 14.1. The number of amides is 3. The molecule has 1 heterocycles. The quantitative estimate of drug-likeness (QED) is 0.0808. The Balaban J connectivity index is 1.16. The van der Waals surface area contributed by atoms with Crippen LogP contribution in [0.3, 0.4) is 0 Å². The molecule has 17 heteroatoms. The molecule has 3 amide bonds. The van der Waals surface area contributed by atoms with Gasteiger partial charge in [0.05, 0.1) is 46.8 Å². The lowest BCUT2D eigenvalue weighted by Crippen LogP contribution is -2.59. The topological polar surface area (TPSA) is 206 Å². The first-order valence-corrected chi connectivity index (χ1v) is 21.3. The van der Waals surface area contributed by atoms with Crippen LogP contribution in [0.2, 0.25) is 0 Å². The van der Waals surface area contributed by atoms with E-state index in [9.17, 15) is 28.8 Å². The number of aromatic nitrogens is 2. The fourth-order valence-corrected chi connectivity index (χ4v) is 6.88. The van der Waals surface area contributed by atoms with Gasteiger partial charge in [-0.15, -0.1) is 17.2 Å². The zero-order chi connectivity index (χ0) is 47.4. The molecule has 0 radical (unpaired) electrons. The number of H-pyrrole nitrogens is 1. The zero-order valence-corrected chi connectivity index (χ0v) is 37.1. The highest BCUT2D eigenvalue weighted by Gasteiger charge is 2.36. The van der Waals surface area contributed by atoms with Crippen LogP contribution in [0, 0.1) is 6.92 Å². The maximum Gasteiger partial charge on any atom is 0.413 e. The number of methoxy groups -OCH3 is 1. The van der Waals surface area contributed by atoms with Gasteiger partial charge in [0.25, 0.3) is 5.56 Å². The molecule has 0 spiro atoms. The highest BCUT2D eigenvalue weighted by molar-refractivity contribution is 5.85. The van der Waals surface area contributed by atoms with Gasteiger partial charge in [0.15, 0.2) is 0 Å². The number of alkyl carbamates (subject to hydrolysis) is 1. The number of carbonyl (C=O) groups is 4. The van der Waals surface area contributed by atoms with Gasteiger partial charge < -0.3 is 44.0 Å². The van der Waals surface area contributed by atoms with Crippen LogP contribution in [0.1, 0.15) is 16.7 Å². The van der Waals surface area contributed by atoms with Crippen molar-refractivity contribution < 1.29 is 47.6 Å². The van der Waals surface area contributed by atoms with Gasteiger partial charge in [0, 0.05) is 48.0 Å². The van der Waals surface area contributed by atoms with Gasteiger partial charge in [0.1, 0.15) is 30.5 Å². The number of nitrogens with one attached hydrogen (secondary N) is 3. The lowest BCUT2D eigenvalue weighted by Gasteiger charge is -2.33. The van der Waals surface area contributed by atoms with E-state index in [1.165, 1.54) is 37.3 Å². The zero-order valence-electron chi connectivity index (χ0n) is 37.1. The highest BCUT2D eigenvalue weighted by Crippen LogP contribution is 2.19. The number of allylic oxidation sites excluding steroid dienone is 3. The first-order chi connectivity index (χ1) is 32.5. The third-order valence-electron chi connectivity index (χ3n) is 10.3. The maximum absolute atomic E-state index is 14.0. The first kappa shape index (κ1) is 48.7. The fraction of sp³-hybridized carbons (Fsp3) is 0.300. The number of hydrogen-bond acceptors (Lipinski definition) is 12. The summed E-state index contributed by atoms with van der Waals surface area (Å²) in [6.45, 7) is 1.23. The van der Waals surface area contributed by atoms with Crippen LogP contribution in [-0.2, 0) is 52.8 Å². The van der Waals surface area contributed by atoms with E-state index in [0.29, 0.717) is 5.56 Å². The van der Waals surface area contributed by atoms with Gasteiger partial charge in [-0.3, -0.25) is 19.1 Å². The van der Waals surface area contributed by atoms with Gasteiger partial charge in [-0.05, 0) is 66.6 Å². The van der Waals surface area contributed by atoms with E-state index in [0.717, 1.165) is 26.8 Å². The van der Waals surface area contributed by atoms with Crippen molar-refractivity contribution in [2.75, 3.05) is 59.8 Å². The fourth-order valence-electron chi connectivity index (χ4n) is 6.88. The van der Waals surface area contributed by atoms with Crippen LogP contribution in [0.5, 0.6) is 5.75 Å². The minimum Gasteiger partial charge on any atom is -0.467 e. The molecule has 6 rings (SSSR count). The third kappa shape index (κ3) is 15.2. The van der Waals surface area contributed by atoms with Gasteiger partial charge >= 0.3 is 23.8 Å². The molecule has 0 saturated carbocycles. The number of aryl methyl sites for hydroxylation is 1. The molecule has 3 N–H and O–H groups in total. The van der Waals surface area contributed by atoms with Crippen LogP contribution < -0.4 is 26.6 Å². The predicted molar refractivity (Wildman–Crippen MR) is 245 cm³/mol. The maximum atomic E-state index is 14.0. The Morgan fingerprint density at radius 3 is 1.88 bits per heavy atom. The molecular weight excluding hydrogens is 863 g/mol. The van der Waals surface area contributed by atoms with E-state index in [4.69, 9.17) is 28.4 Å². The van der Waals surface area contributed by atoms with E-state index in [1.807, 2.05) is 54.7 Å². The van der Waals surface area contributed by atoms with Crippen molar-refractivity contribution in [1.29, 1.82) is 0 Å². The number of ether oxygens (including phenoxy) is 6. The summed E-state index contributed by atoms with van der Waals surface area (Å²) in [4.78, 5) is 81.8. The molecule has 1 aromatic heterocycles. The van der Waals surface area contributed by atoms with Gasteiger partial charge in [-0.2, -0.15) is 0 Å². The van der Waals surface area contributed by atoms with Crippen molar-refractivity contribution in [2.24, 2.45) is 0 Å². The summed E-state index contributed by atoms with van der Waals surface area (Å²) in [6.07, 6.45) is 16.1. The van der Waals surface area contributed by atoms with Crippen LogP contribution >= 0.6 is 0 Å².